The summed E-state index contributed by atoms with van der Waals surface area (Å²) in [5.41, 5.74) is 2.60. The molecule has 3 nitrogen and oxygen atoms in total. The van der Waals surface area contributed by atoms with Crippen molar-refractivity contribution in [3.63, 3.8) is 0 Å². The molecular formula is C16H12N2OS2. The molecule has 0 aliphatic rings. The molecule has 104 valence electrons. The zero-order valence-electron chi connectivity index (χ0n) is 11.6. The zero-order valence-corrected chi connectivity index (χ0v) is 13.2. The molecule has 0 atom stereocenters. The third-order valence-electron chi connectivity index (χ3n) is 3.00. The van der Waals surface area contributed by atoms with Crippen molar-refractivity contribution in [1.82, 2.24) is 4.98 Å². The average Bonchev–Trinajstić information content (AvgIpc) is 3.17. The number of allylic oxidation sites excluding steroid dienone is 1. The summed E-state index contributed by atoms with van der Waals surface area (Å²) in [6, 6.07) is 7.95. The van der Waals surface area contributed by atoms with Crippen molar-refractivity contribution in [1.29, 1.82) is 5.26 Å². The number of rotatable bonds is 3. The molecule has 0 spiro atoms. The zero-order chi connectivity index (χ0) is 14.8. The van der Waals surface area contributed by atoms with E-state index in [1.165, 1.54) is 21.1 Å². The molecule has 0 saturated heterocycles. The number of nitriles is 1. The maximum absolute atomic E-state index is 9.33. The van der Waals surface area contributed by atoms with Crippen molar-refractivity contribution in [3.05, 3.63) is 50.4 Å². The molecule has 0 fully saturated rings. The standard InChI is InChI=1S/C16H12N2OS2/c1-10-6-14(11(2)21-10)15-9-20-16(18-15)12(8-17)7-13-4-3-5-19-13/h3-7,9H,1-2H3. The molecule has 0 saturated carbocycles. The minimum absolute atomic E-state index is 0.519. The first-order chi connectivity index (χ1) is 10.2. The van der Waals surface area contributed by atoms with Crippen molar-refractivity contribution < 1.29 is 4.42 Å². The van der Waals surface area contributed by atoms with Crippen LogP contribution in [0.4, 0.5) is 0 Å². The fraction of sp³-hybridized carbons (Fsp3) is 0.125. The lowest BCUT2D eigenvalue weighted by atomic mass is 10.2. The monoisotopic (exact) mass is 312 g/mol. The van der Waals surface area contributed by atoms with E-state index in [0.717, 1.165) is 11.3 Å². The number of furan rings is 1. The van der Waals surface area contributed by atoms with Gasteiger partial charge in [0.15, 0.2) is 0 Å². The molecule has 0 aliphatic carbocycles. The molecule has 0 bridgehead atoms. The second-order valence-corrected chi connectivity index (χ2v) is 6.87. The van der Waals surface area contributed by atoms with Gasteiger partial charge in [-0.3, -0.25) is 0 Å². The van der Waals surface area contributed by atoms with Crippen LogP contribution in [0.2, 0.25) is 0 Å². The van der Waals surface area contributed by atoms with Gasteiger partial charge < -0.3 is 4.42 Å². The quantitative estimate of drug-likeness (QED) is 0.629. The molecule has 3 aromatic heterocycles. The summed E-state index contributed by atoms with van der Waals surface area (Å²) < 4.78 is 5.25. The van der Waals surface area contributed by atoms with E-state index in [1.54, 1.807) is 29.7 Å². The van der Waals surface area contributed by atoms with Crippen LogP contribution in [0.1, 0.15) is 20.5 Å². The molecular weight excluding hydrogens is 300 g/mol. The lowest BCUT2D eigenvalue weighted by Gasteiger charge is -1.94. The smallest absolute Gasteiger partial charge is 0.134 e. The van der Waals surface area contributed by atoms with Crippen molar-refractivity contribution >= 4 is 34.3 Å². The summed E-state index contributed by atoms with van der Waals surface area (Å²) in [6.45, 7) is 4.18. The SMILES string of the molecule is Cc1cc(-c2csc(C(C#N)=Cc3ccco3)n2)c(C)s1. The molecule has 21 heavy (non-hydrogen) atoms. The second kappa shape index (κ2) is 5.68. The van der Waals surface area contributed by atoms with E-state index in [4.69, 9.17) is 4.42 Å². The summed E-state index contributed by atoms with van der Waals surface area (Å²) in [5.74, 6) is 0.658. The van der Waals surface area contributed by atoms with Gasteiger partial charge in [-0.2, -0.15) is 5.26 Å². The van der Waals surface area contributed by atoms with Gasteiger partial charge in [0.25, 0.3) is 0 Å². The highest BCUT2D eigenvalue weighted by atomic mass is 32.1. The lowest BCUT2D eigenvalue weighted by molar-refractivity contribution is 0.557. The Hall–Kier alpha value is -2.16. The Balaban J connectivity index is 1.98. The first-order valence-electron chi connectivity index (χ1n) is 6.36. The Labute approximate surface area is 130 Å². The van der Waals surface area contributed by atoms with Crippen LogP contribution in [0.5, 0.6) is 0 Å². The summed E-state index contributed by atoms with van der Waals surface area (Å²) >= 11 is 3.24. The van der Waals surface area contributed by atoms with Crippen LogP contribution < -0.4 is 0 Å². The summed E-state index contributed by atoms with van der Waals surface area (Å²) in [4.78, 5) is 7.11. The fourth-order valence-corrected chi connectivity index (χ4v) is 3.78. The largest absolute Gasteiger partial charge is 0.465 e. The third-order valence-corrected chi connectivity index (χ3v) is 4.84. The van der Waals surface area contributed by atoms with Crippen LogP contribution in [0, 0.1) is 25.2 Å². The summed E-state index contributed by atoms with van der Waals surface area (Å²) in [6.07, 6.45) is 3.31. The highest BCUT2D eigenvalue weighted by Crippen LogP contribution is 2.33. The van der Waals surface area contributed by atoms with Gasteiger partial charge in [0, 0.05) is 26.8 Å². The van der Waals surface area contributed by atoms with Crippen LogP contribution in [0.3, 0.4) is 0 Å². The van der Waals surface area contributed by atoms with Gasteiger partial charge in [0.05, 0.1) is 17.5 Å². The molecule has 0 radical (unpaired) electrons. The highest BCUT2D eigenvalue weighted by molar-refractivity contribution is 7.12. The van der Waals surface area contributed by atoms with E-state index >= 15 is 0 Å². The molecule has 0 N–H and O–H groups in total. The van der Waals surface area contributed by atoms with Gasteiger partial charge in [-0.15, -0.1) is 22.7 Å². The molecule has 3 aromatic rings. The minimum Gasteiger partial charge on any atom is -0.465 e. The van der Waals surface area contributed by atoms with Gasteiger partial charge in [-0.25, -0.2) is 4.98 Å². The average molecular weight is 312 g/mol. The van der Waals surface area contributed by atoms with E-state index in [1.807, 2.05) is 11.4 Å². The van der Waals surface area contributed by atoms with Gasteiger partial charge in [0.2, 0.25) is 0 Å². The van der Waals surface area contributed by atoms with Crippen LogP contribution in [0.15, 0.2) is 34.3 Å². The Morgan fingerprint density at radius 3 is 2.90 bits per heavy atom. The predicted octanol–water partition coefficient (Wildman–Crippen LogP) is 5.15. The van der Waals surface area contributed by atoms with E-state index in [2.05, 4.69) is 31.0 Å². The molecule has 0 aliphatic heterocycles. The molecule has 0 amide bonds. The topological polar surface area (TPSA) is 49.8 Å². The van der Waals surface area contributed by atoms with Crippen molar-refractivity contribution in [2.45, 2.75) is 13.8 Å². The number of hydrogen-bond donors (Lipinski definition) is 0. The van der Waals surface area contributed by atoms with Crippen molar-refractivity contribution in [3.8, 4) is 17.3 Å². The third kappa shape index (κ3) is 2.82. The molecule has 0 aromatic carbocycles. The maximum Gasteiger partial charge on any atom is 0.134 e. The lowest BCUT2D eigenvalue weighted by Crippen LogP contribution is -1.82. The first kappa shape index (κ1) is 13.8. The first-order valence-corrected chi connectivity index (χ1v) is 8.05. The Kier molecular flexibility index (Phi) is 3.74. The number of aromatic nitrogens is 1. The predicted molar refractivity (Wildman–Crippen MR) is 87.1 cm³/mol. The number of thiazole rings is 1. The van der Waals surface area contributed by atoms with E-state index < -0.39 is 0 Å². The Morgan fingerprint density at radius 1 is 1.43 bits per heavy atom. The number of hydrogen-bond acceptors (Lipinski definition) is 5. The molecule has 3 heterocycles. The summed E-state index contributed by atoms with van der Waals surface area (Å²) in [5, 5.41) is 12.0. The molecule has 0 unspecified atom stereocenters. The van der Waals surface area contributed by atoms with Crippen molar-refractivity contribution in [2.75, 3.05) is 0 Å². The van der Waals surface area contributed by atoms with Crippen LogP contribution in [-0.2, 0) is 0 Å². The maximum atomic E-state index is 9.33. The second-order valence-electron chi connectivity index (χ2n) is 4.55. The fourth-order valence-electron chi connectivity index (χ4n) is 2.06. The number of thiophene rings is 1. The number of aryl methyl sites for hydroxylation is 2. The van der Waals surface area contributed by atoms with E-state index in [-0.39, 0.29) is 0 Å². The molecule has 5 heteroatoms. The van der Waals surface area contributed by atoms with Crippen LogP contribution in [0.25, 0.3) is 22.9 Å². The number of nitrogens with zero attached hydrogens (tertiary/aromatic N) is 2. The van der Waals surface area contributed by atoms with Gasteiger partial charge in [-0.05, 0) is 32.0 Å². The van der Waals surface area contributed by atoms with Gasteiger partial charge >= 0.3 is 0 Å². The van der Waals surface area contributed by atoms with Crippen molar-refractivity contribution in [2.24, 2.45) is 0 Å². The Bertz CT molecular complexity index is 832. The van der Waals surface area contributed by atoms with E-state index in [0.29, 0.717) is 16.3 Å². The summed E-state index contributed by atoms with van der Waals surface area (Å²) in [7, 11) is 0. The highest BCUT2D eigenvalue weighted by Gasteiger charge is 2.12. The van der Waals surface area contributed by atoms with E-state index in [9.17, 15) is 5.26 Å². The van der Waals surface area contributed by atoms with Crippen LogP contribution >= 0.6 is 22.7 Å². The normalized spacial score (nSPS) is 11.6. The molecule has 3 rings (SSSR count). The van der Waals surface area contributed by atoms with Gasteiger partial charge in [-0.1, -0.05) is 0 Å². The minimum atomic E-state index is 0.519. The van der Waals surface area contributed by atoms with Gasteiger partial charge in [0.1, 0.15) is 16.8 Å². The van der Waals surface area contributed by atoms with Crippen LogP contribution in [-0.4, -0.2) is 4.98 Å². The Morgan fingerprint density at radius 2 is 2.29 bits per heavy atom.